The Balaban J connectivity index is 1.71. The van der Waals surface area contributed by atoms with Gasteiger partial charge < -0.3 is 25.0 Å². The Bertz CT molecular complexity index is 583. The minimum absolute atomic E-state index is 0.0588. The van der Waals surface area contributed by atoms with Crippen LogP contribution in [0.3, 0.4) is 0 Å². The molecule has 3 aliphatic heterocycles. The van der Waals surface area contributed by atoms with Crippen LogP contribution in [0.15, 0.2) is 0 Å². The van der Waals surface area contributed by atoms with Gasteiger partial charge in [-0.1, -0.05) is 20.3 Å². The zero-order valence-electron chi connectivity index (χ0n) is 19.8. The molecular weight excluding hydrogens is 394 g/mol. The maximum atomic E-state index is 13.6. The molecule has 0 aromatic carbocycles. The lowest BCUT2D eigenvalue weighted by Crippen LogP contribution is -2.56. The van der Waals surface area contributed by atoms with Crippen molar-refractivity contribution in [3.05, 3.63) is 0 Å². The zero-order chi connectivity index (χ0) is 22.3. The molecule has 2 atom stereocenters. The molecular formula is C24H43N3O4. The molecule has 3 heterocycles. The van der Waals surface area contributed by atoms with Gasteiger partial charge in [0.25, 0.3) is 0 Å². The monoisotopic (exact) mass is 437 g/mol. The molecule has 3 fully saturated rings. The number of rotatable bonds is 3. The predicted octanol–water partition coefficient (Wildman–Crippen LogP) is 2.48. The lowest BCUT2D eigenvalue weighted by molar-refractivity contribution is -0.139. The van der Waals surface area contributed by atoms with Gasteiger partial charge in [0, 0.05) is 31.9 Å². The first kappa shape index (κ1) is 24.5. The highest BCUT2D eigenvalue weighted by molar-refractivity contribution is 5.90. The van der Waals surface area contributed by atoms with E-state index < -0.39 is 6.04 Å². The van der Waals surface area contributed by atoms with E-state index in [2.05, 4.69) is 29.4 Å². The topological polar surface area (TPSA) is 79.9 Å². The number of amides is 2. The van der Waals surface area contributed by atoms with Crippen LogP contribution in [0, 0.1) is 11.3 Å². The van der Waals surface area contributed by atoms with E-state index in [1.807, 2.05) is 6.92 Å². The molecule has 0 radical (unpaired) electrons. The van der Waals surface area contributed by atoms with Gasteiger partial charge in [0.05, 0.1) is 12.0 Å². The highest BCUT2D eigenvalue weighted by Crippen LogP contribution is 2.38. The molecule has 1 spiro atoms. The van der Waals surface area contributed by atoms with Gasteiger partial charge in [-0.05, 0) is 70.9 Å². The smallest absolute Gasteiger partial charge is 0.242 e. The fourth-order valence-electron chi connectivity index (χ4n) is 5.29. The van der Waals surface area contributed by atoms with Crippen molar-refractivity contribution < 1.29 is 19.1 Å². The molecule has 7 nitrogen and oxygen atoms in total. The number of hydrogen-bond donors (Lipinski definition) is 2. The van der Waals surface area contributed by atoms with E-state index >= 15 is 0 Å². The van der Waals surface area contributed by atoms with Crippen molar-refractivity contribution in [1.82, 2.24) is 15.5 Å². The number of hydrogen-bond acceptors (Lipinski definition) is 5. The van der Waals surface area contributed by atoms with Crippen LogP contribution in [-0.4, -0.2) is 74.4 Å². The van der Waals surface area contributed by atoms with Crippen molar-refractivity contribution in [1.29, 1.82) is 0 Å². The van der Waals surface area contributed by atoms with Crippen LogP contribution in [0.25, 0.3) is 0 Å². The van der Waals surface area contributed by atoms with Crippen LogP contribution in [0.2, 0.25) is 0 Å². The van der Waals surface area contributed by atoms with Crippen molar-refractivity contribution in [2.75, 3.05) is 39.5 Å². The molecule has 2 amide bonds. The van der Waals surface area contributed by atoms with Crippen LogP contribution < -0.4 is 10.6 Å². The number of likely N-dealkylation sites (tertiary alicyclic amines) is 1. The molecule has 0 saturated carbocycles. The Morgan fingerprint density at radius 3 is 2.39 bits per heavy atom. The van der Waals surface area contributed by atoms with Crippen LogP contribution in [-0.2, 0) is 19.1 Å². The van der Waals surface area contributed by atoms with E-state index in [0.717, 1.165) is 71.2 Å². The number of nitrogens with one attached hydrogen (secondary N) is 2. The van der Waals surface area contributed by atoms with Crippen molar-refractivity contribution >= 4 is 11.8 Å². The fraction of sp³-hybridized carbons (Fsp3) is 0.917. The highest BCUT2D eigenvalue weighted by Gasteiger charge is 2.43. The van der Waals surface area contributed by atoms with E-state index in [1.165, 1.54) is 0 Å². The van der Waals surface area contributed by atoms with Gasteiger partial charge in [0.2, 0.25) is 11.8 Å². The summed E-state index contributed by atoms with van der Waals surface area (Å²) in [5, 5.41) is 6.22. The third-order valence-electron chi connectivity index (χ3n) is 7.22. The second-order valence-corrected chi connectivity index (χ2v) is 10.3. The third kappa shape index (κ3) is 6.90. The maximum absolute atomic E-state index is 13.6. The molecule has 7 heteroatoms. The van der Waals surface area contributed by atoms with Gasteiger partial charge in [0.15, 0.2) is 0 Å². The number of carbonyl (C=O) groups excluding carboxylic acids is 2. The first-order valence-electron chi connectivity index (χ1n) is 12.4. The third-order valence-corrected chi connectivity index (χ3v) is 7.22. The first-order chi connectivity index (χ1) is 14.9. The quantitative estimate of drug-likeness (QED) is 0.709. The van der Waals surface area contributed by atoms with Crippen LogP contribution in [0.4, 0.5) is 0 Å². The summed E-state index contributed by atoms with van der Waals surface area (Å²) in [5.74, 6) is 0.310. The Hall–Kier alpha value is -1.18. The van der Waals surface area contributed by atoms with Crippen molar-refractivity contribution in [3.8, 4) is 0 Å². The van der Waals surface area contributed by atoms with Gasteiger partial charge >= 0.3 is 0 Å². The van der Waals surface area contributed by atoms with Crippen LogP contribution in [0.5, 0.6) is 0 Å². The van der Waals surface area contributed by atoms with Crippen LogP contribution in [0.1, 0.15) is 72.1 Å². The summed E-state index contributed by atoms with van der Waals surface area (Å²) < 4.78 is 11.3. The van der Waals surface area contributed by atoms with E-state index in [-0.39, 0.29) is 23.3 Å². The summed E-state index contributed by atoms with van der Waals surface area (Å²) in [4.78, 5) is 29.1. The van der Waals surface area contributed by atoms with E-state index in [9.17, 15) is 9.59 Å². The largest absolute Gasteiger partial charge is 0.381 e. The Kier molecular flexibility index (Phi) is 9.17. The molecule has 0 aromatic heterocycles. The average Bonchev–Trinajstić information content (AvgIpc) is 2.76. The zero-order valence-corrected chi connectivity index (χ0v) is 19.8. The second-order valence-electron chi connectivity index (χ2n) is 10.3. The summed E-state index contributed by atoms with van der Waals surface area (Å²) in [6.45, 7) is 10.9. The van der Waals surface area contributed by atoms with E-state index in [1.54, 1.807) is 0 Å². The Morgan fingerprint density at radius 1 is 1.00 bits per heavy atom. The SMILES string of the molecule is CC(C)C[C@@H]1NC(=O)C2(CCCCOC[C@@H](C)NC1=O)CCN(C1CCOCC1)CC2. The molecule has 0 bridgehead atoms. The maximum Gasteiger partial charge on any atom is 0.242 e. The summed E-state index contributed by atoms with van der Waals surface area (Å²) in [6.07, 6.45) is 7.36. The minimum atomic E-state index is -0.485. The molecule has 3 aliphatic rings. The van der Waals surface area contributed by atoms with Crippen molar-refractivity contribution in [3.63, 3.8) is 0 Å². The van der Waals surface area contributed by atoms with Gasteiger partial charge in [-0.15, -0.1) is 0 Å². The fourth-order valence-corrected chi connectivity index (χ4v) is 5.29. The Morgan fingerprint density at radius 2 is 1.71 bits per heavy atom. The van der Waals surface area contributed by atoms with Crippen LogP contribution >= 0.6 is 0 Å². The second kappa shape index (κ2) is 11.6. The van der Waals surface area contributed by atoms with Crippen molar-refractivity contribution in [2.45, 2.75) is 90.3 Å². The van der Waals surface area contributed by atoms with Gasteiger partial charge in [-0.25, -0.2) is 0 Å². The van der Waals surface area contributed by atoms with Gasteiger partial charge in [-0.3, -0.25) is 9.59 Å². The molecule has 0 aliphatic carbocycles. The number of piperidine rings is 1. The molecule has 0 unspecified atom stereocenters. The molecule has 31 heavy (non-hydrogen) atoms. The summed E-state index contributed by atoms with van der Waals surface area (Å²) in [6, 6.07) is 0.0378. The molecule has 3 rings (SSSR count). The summed E-state index contributed by atoms with van der Waals surface area (Å²) in [5.41, 5.74) is -0.378. The van der Waals surface area contributed by atoms with Gasteiger partial charge in [0.1, 0.15) is 6.04 Å². The van der Waals surface area contributed by atoms with E-state index in [0.29, 0.717) is 31.6 Å². The highest BCUT2D eigenvalue weighted by atomic mass is 16.5. The summed E-state index contributed by atoms with van der Waals surface area (Å²) >= 11 is 0. The standard InChI is InChI=1S/C24H43N3O4/c1-18(2)16-21-22(28)25-19(3)17-31-13-5-4-8-24(23(29)26-21)9-11-27(12-10-24)20-6-14-30-15-7-20/h18-21H,4-17H2,1-3H3,(H,25,28)(H,26,29)/t19-,21+/m1/s1. The normalized spacial score (nSPS) is 30.2. The molecule has 2 N–H and O–H groups in total. The number of nitrogens with zero attached hydrogens (tertiary/aromatic N) is 1. The molecule has 3 saturated heterocycles. The molecule has 0 aromatic rings. The lowest BCUT2D eigenvalue weighted by atomic mass is 9.73. The Labute approximate surface area is 188 Å². The summed E-state index contributed by atoms with van der Waals surface area (Å²) in [7, 11) is 0. The first-order valence-corrected chi connectivity index (χ1v) is 12.4. The number of ether oxygens (including phenoxy) is 2. The molecule has 178 valence electrons. The van der Waals surface area contributed by atoms with Gasteiger partial charge in [-0.2, -0.15) is 0 Å². The minimum Gasteiger partial charge on any atom is -0.381 e. The average molecular weight is 438 g/mol. The number of carbonyl (C=O) groups is 2. The van der Waals surface area contributed by atoms with Crippen molar-refractivity contribution in [2.24, 2.45) is 11.3 Å². The lowest BCUT2D eigenvalue weighted by Gasteiger charge is -2.45. The van der Waals surface area contributed by atoms with E-state index in [4.69, 9.17) is 9.47 Å². The predicted molar refractivity (Wildman–Crippen MR) is 121 cm³/mol.